The molecule has 1 unspecified atom stereocenters. The number of carboxylic acid groups (broad SMARTS) is 1. The van der Waals surface area contributed by atoms with E-state index in [0.29, 0.717) is 33.7 Å². The van der Waals surface area contributed by atoms with E-state index in [0.717, 1.165) is 5.56 Å². The average Bonchev–Trinajstić information content (AvgIpc) is 3.18. The van der Waals surface area contributed by atoms with Crippen molar-refractivity contribution in [3.05, 3.63) is 39.3 Å². The summed E-state index contributed by atoms with van der Waals surface area (Å²) in [5.74, 6) is -1.60. The van der Waals surface area contributed by atoms with Gasteiger partial charge in [-0.1, -0.05) is 29.3 Å². The molecular weight excluding hydrogens is 359 g/mol. The van der Waals surface area contributed by atoms with E-state index in [1.165, 1.54) is 16.2 Å². The van der Waals surface area contributed by atoms with Gasteiger partial charge in [0.15, 0.2) is 0 Å². The number of amides is 1. The molecule has 120 valence electrons. The molecule has 3 rings (SSSR count). The highest BCUT2D eigenvalue weighted by Crippen LogP contribution is 2.31. The highest BCUT2D eigenvalue weighted by atomic mass is 35.5. The maximum absolute atomic E-state index is 12.4. The lowest BCUT2D eigenvalue weighted by Crippen LogP contribution is -2.30. The normalized spacial score (nSPS) is 17.5. The van der Waals surface area contributed by atoms with Gasteiger partial charge in [0.25, 0.3) is 5.91 Å². The molecule has 0 bridgehead atoms. The molecule has 0 aliphatic carbocycles. The summed E-state index contributed by atoms with van der Waals surface area (Å²) in [5, 5.41) is 12.2. The van der Waals surface area contributed by atoms with Gasteiger partial charge in [-0.2, -0.15) is 0 Å². The predicted molar refractivity (Wildman–Crippen MR) is 89.2 cm³/mol. The zero-order chi connectivity index (χ0) is 16.6. The molecule has 0 spiro atoms. The van der Waals surface area contributed by atoms with Crippen molar-refractivity contribution in [2.24, 2.45) is 5.92 Å². The third-order valence-corrected chi connectivity index (χ3v) is 5.34. The largest absolute Gasteiger partial charge is 0.481 e. The fourth-order valence-corrected chi connectivity index (χ4v) is 3.53. The van der Waals surface area contributed by atoms with Gasteiger partial charge in [0.2, 0.25) is 0 Å². The second-order valence-electron chi connectivity index (χ2n) is 5.24. The van der Waals surface area contributed by atoms with Crippen LogP contribution in [0.1, 0.15) is 16.9 Å². The maximum atomic E-state index is 12.4. The first kappa shape index (κ1) is 16.2. The zero-order valence-electron chi connectivity index (χ0n) is 11.8. The number of aromatic nitrogens is 1. The van der Waals surface area contributed by atoms with Gasteiger partial charge in [0.1, 0.15) is 10.7 Å². The Bertz CT molecular complexity index is 778. The lowest BCUT2D eigenvalue weighted by atomic mass is 10.1. The number of hydrogen-bond acceptors (Lipinski definition) is 4. The number of carboxylic acids is 1. The van der Waals surface area contributed by atoms with E-state index in [1.807, 2.05) is 0 Å². The quantitative estimate of drug-likeness (QED) is 0.894. The van der Waals surface area contributed by atoms with Crippen molar-refractivity contribution in [1.82, 2.24) is 9.88 Å². The van der Waals surface area contributed by atoms with Crippen molar-refractivity contribution >= 4 is 46.4 Å². The number of aliphatic carboxylic acids is 1. The van der Waals surface area contributed by atoms with Crippen LogP contribution in [-0.4, -0.2) is 40.0 Å². The number of benzene rings is 1. The smallest absolute Gasteiger partial charge is 0.308 e. The van der Waals surface area contributed by atoms with Crippen LogP contribution < -0.4 is 0 Å². The van der Waals surface area contributed by atoms with Gasteiger partial charge in [-0.05, 0) is 18.6 Å². The number of likely N-dealkylation sites (tertiary alicyclic amines) is 1. The Labute approximate surface area is 146 Å². The number of hydrogen-bond donors (Lipinski definition) is 1. The summed E-state index contributed by atoms with van der Waals surface area (Å²) in [6.07, 6.45) is 0.477. The Morgan fingerprint density at radius 1 is 1.30 bits per heavy atom. The first-order valence-electron chi connectivity index (χ1n) is 6.88. The fraction of sp³-hybridized carbons (Fsp3) is 0.267. The van der Waals surface area contributed by atoms with Gasteiger partial charge in [-0.25, -0.2) is 4.98 Å². The standard InChI is InChI=1S/C15H12Cl2N2O3S/c16-10-2-1-8(5-11(10)17)13-18-12(7-23-13)14(20)19-4-3-9(6-19)15(21)22/h1-2,5,7,9H,3-4,6H2,(H,21,22). The second-order valence-corrected chi connectivity index (χ2v) is 6.91. The van der Waals surface area contributed by atoms with E-state index in [1.54, 1.807) is 23.6 Å². The van der Waals surface area contributed by atoms with Crippen molar-refractivity contribution in [2.75, 3.05) is 13.1 Å². The lowest BCUT2D eigenvalue weighted by Gasteiger charge is -2.13. The molecule has 2 aromatic rings. The van der Waals surface area contributed by atoms with Crippen LogP contribution in [0.25, 0.3) is 10.6 Å². The minimum Gasteiger partial charge on any atom is -0.481 e. The molecule has 5 nitrogen and oxygen atoms in total. The van der Waals surface area contributed by atoms with Gasteiger partial charge >= 0.3 is 5.97 Å². The van der Waals surface area contributed by atoms with E-state index >= 15 is 0 Å². The summed E-state index contributed by atoms with van der Waals surface area (Å²) in [6.45, 7) is 0.670. The van der Waals surface area contributed by atoms with Crippen molar-refractivity contribution in [3.8, 4) is 10.6 Å². The van der Waals surface area contributed by atoms with Gasteiger partial charge < -0.3 is 10.0 Å². The molecule has 1 aliphatic rings. The molecule has 1 amide bonds. The first-order valence-corrected chi connectivity index (χ1v) is 8.52. The summed E-state index contributed by atoms with van der Waals surface area (Å²) in [7, 11) is 0. The van der Waals surface area contributed by atoms with E-state index in [2.05, 4.69) is 4.98 Å². The molecule has 23 heavy (non-hydrogen) atoms. The van der Waals surface area contributed by atoms with Crippen molar-refractivity contribution in [3.63, 3.8) is 0 Å². The van der Waals surface area contributed by atoms with Crippen LogP contribution in [0.15, 0.2) is 23.6 Å². The van der Waals surface area contributed by atoms with Crippen LogP contribution >= 0.6 is 34.5 Å². The van der Waals surface area contributed by atoms with Crippen LogP contribution in [0.5, 0.6) is 0 Å². The molecule has 1 fully saturated rings. The fourth-order valence-electron chi connectivity index (χ4n) is 2.44. The summed E-state index contributed by atoms with van der Waals surface area (Å²) in [4.78, 5) is 29.3. The van der Waals surface area contributed by atoms with E-state index in [-0.39, 0.29) is 12.5 Å². The molecule has 1 N–H and O–H groups in total. The minimum atomic E-state index is -0.866. The van der Waals surface area contributed by atoms with Crippen LogP contribution in [0, 0.1) is 5.92 Å². The van der Waals surface area contributed by atoms with E-state index < -0.39 is 11.9 Å². The number of halogens is 2. The van der Waals surface area contributed by atoms with Crippen LogP contribution in [0.4, 0.5) is 0 Å². The molecule has 1 aromatic carbocycles. The highest BCUT2D eigenvalue weighted by Gasteiger charge is 2.32. The van der Waals surface area contributed by atoms with Crippen LogP contribution in [-0.2, 0) is 4.79 Å². The maximum Gasteiger partial charge on any atom is 0.308 e. The van der Waals surface area contributed by atoms with Crippen molar-refractivity contribution in [1.29, 1.82) is 0 Å². The third-order valence-electron chi connectivity index (χ3n) is 3.71. The van der Waals surface area contributed by atoms with Gasteiger partial charge in [0, 0.05) is 24.0 Å². The Morgan fingerprint density at radius 3 is 2.74 bits per heavy atom. The zero-order valence-corrected chi connectivity index (χ0v) is 14.2. The van der Waals surface area contributed by atoms with Gasteiger partial charge in [0.05, 0.1) is 16.0 Å². The molecular formula is C15H12Cl2N2O3S. The Hall–Kier alpha value is -1.63. The van der Waals surface area contributed by atoms with Crippen molar-refractivity contribution in [2.45, 2.75) is 6.42 Å². The Balaban J connectivity index is 1.78. The molecule has 8 heteroatoms. The monoisotopic (exact) mass is 370 g/mol. The topological polar surface area (TPSA) is 70.5 Å². The number of thiazole rings is 1. The first-order chi connectivity index (χ1) is 11.0. The van der Waals surface area contributed by atoms with Gasteiger partial charge in [-0.3, -0.25) is 9.59 Å². The molecule has 1 aromatic heterocycles. The molecule has 0 radical (unpaired) electrons. The molecule has 0 saturated carbocycles. The second kappa shape index (κ2) is 6.47. The third kappa shape index (κ3) is 3.34. The number of carbonyl (C=O) groups is 2. The average molecular weight is 371 g/mol. The number of nitrogens with zero attached hydrogens (tertiary/aromatic N) is 2. The Kier molecular flexibility index (Phi) is 4.57. The summed E-state index contributed by atoms with van der Waals surface area (Å²) in [6, 6.07) is 5.17. The highest BCUT2D eigenvalue weighted by molar-refractivity contribution is 7.13. The predicted octanol–water partition coefficient (Wildman–Crippen LogP) is 3.66. The molecule has 1 saturated heterocycles. The summed E-state index contributed by atoms with van der Waals surface area (Å²) >= 11 is 13.2. The van der Waals surface area contributed by atoms with Gasteiger partial charge in [-0.15, -0.1) is 11.3 Å². The van der Waals surface area contributed by atoms with Crippen molar-refractivity contribution < 1.29 is 14.7 Å². The van der Waals surface area contributed by atoms with Crippen LogP contribution in [0.2, 0.25) is 10.0 Å². The number of carbonyl (C=O) groups excluding carboxylic acids is 1. The molecule has 2 heterocycles. The molecule has 1 atom stereocenters. The van der Waals surface area contributed by atoms with E-state index in [9.17, 15) is 9.59 Å². The van der Waals surface area contributed by atoms with Crippen LogP contribution in [0.3, 0.4) is 0 Å². The summed E-state index contributed by atoms with van der Waals surface area (Å²) < 4.78 is 0. The van der Waals surface area contributed by atoms with E-state index in [4.69, 9.17) is 28.3 Å². The molecule has 1 aliphatic heterocycles. The SMILES string of the molecule is O=C(O)C1CCN(C(=O)c2csc(-c3ccc(Cl)c(Cl)c3)n2)C1. The minimum absolute atomic E-state index is 0.230. The number of rotatable bonds is 3. The Morgan fingerprint density at radius 2 is 2.09 bits per heavy atom. The lowest BCUT2D eigenvalue weighted by molar-refractivity contribution is -0.141. The summed E-state index contributed by atoms with van der Waals surface area (Å²) in [5.41, 5.74) is 1.11.